The molecule has 0 unspecified atom stereocenters. The third kappa shape index (κ3) is 6.24. The summed E-state index contributed by atoms with van der Waals surface area (Å²) in [6.07, 6.45) is -1.32. The van der Waals surface area contributed by atoms with Gasteiger partial charge in [0.25, 0.3) is 5.91 Å². The third-order valence-corrected chi connectivity index (χ3v) is 6.10. The van der Waals surface area contributed by atoms with Crippen molar-refractivity contribution in [1.29, 1.82) is 5.26 Å². The molecule has 6 nitrogen and oxygen atoms in total. The van der Waals surface area contributed by atoms with E-state index in [1.165, 1.54) is 29.2 Å². The number of thiocarbonyl (C=S) groups is 1. The zero-order valence-electron chi connectivity index (χ0n) is 17.0. The number of furan rings is 1. The van der Waals surface area contributed by atoms with Crippen LogP contribution in [0.3, 0.4) is 0 Å². The summed E-state index contributed by atoms with van der Waals surface area (Å²) < 4.78 is 45.4. The first-order valence-electron chi connectivity index (χ1n) is 9.78. The maximum atomic E-state index is 13.1. The smallest absolute Gasteiger partial charge is 0.416 e. The van der Waals surface area contributed by atoms with Gasteiger partial charge in [0.2, 0.25) is 0 Å². The van der Waals surface area contributed by atoms with Crippen LogP contribution >= 0.6 is 24.0 Å². The maximum absolute atomic E-state index is 13.1. The van der Waals surface area contributed by atoms with E-state index in [9.17, 15) is 22.8 Å². The molecule has 0 aliphatic carbocycles. The summed E-state index contributed by atoms with van der Waals surface area (Å²) in [6.45, 7) is 0.367. The summed E-state index contributed by atoms with van der Waals surface area (Å²) >= 11 is 6.34. The normalized spacial score (nSPS) is 15.3. The number of thioether (sulfide) groups is 1. The number of carbonyl (C=O) groups is 2. The number of halogens is 3. The van der Waals surface area contributed by atoms with Gasteiger partial charge in [0, 0.05) is 24.6 Å². The highest BCUT2D eigenvalue weighted by Crippen LogP contribution is 2.36. The first-order valence-corrected chi connectivity index (χ1v) is 11.0. The number of carboxylic acid groups (broad SMARTS) is 1. The van der Waals surface area contributed by atoms with Crippen LogP contribution in [0, 0.1) is 11.3 Å². The van der Waals surface area contributed by atoms with Crippen LogP contribution in [-0.4, -0.2) is 32.7 Å². The maximum Gasteiger partial charge on any atom is 0.416 e. The van der Waals surface area contributed by atoms with Crippen LogP contribution in [0.1, 0.15) is 42.6 Å². The number of hydrogen-bond donors (Lipinski definition) is 1. The Balaban J connectivity index is 1.73. The molecule has 1 aliphatic rings. The fourth-order valence-electron chi connectivity index (χ4n) is 3.13. The fraction of sp³-hybridized carbons (Fsp3) is 0.273. The Kier molecular flexibility index (Phi) is 7.61. The van der Waals surface area contributed by atoms with Crippen LogP contribution in [0.15, 0.2) is 39.7 Å². The van der Waals surface area contributed by atoms with E-state index in [2.05, 4.69) is 0 Å². The molecule has 2 aromatic rings. The summed E-state index contributed by atoms with van der Waals surface area (Å²) in [7, 11) is 0. The number of carboxylic acids is 1. The van der Waals surface area contributed by atoms with Crippen molar-refractivity contribution in [2.45, 2.75) is 31.9 Å². The average molecular weight is 495 g/mol. The molecule has 3 rings (SSSR count). The van der Waals surface area contributed by atoms with Gasteiger partial charge >= 0.3 is 12.1 Å². The van der Waals surface area contributed by atoms with E-state index in [-0.39, 0.29) is 35.0 Å². The zero-order chi connectivity index (χ0) is 24.2. The Bertz CT molecular complexity index is 1170. The van der Waals surface area contributed by atoms with Crippen molar-refractivity contribution in [3.8, 4) is 17.4 Å². The molecule has 1 aliphatic heterocycles. The third-order valence-electron chi connectivity index (χ3n) is 4.72. The molecule has 2 heterocycles. The topological polar surface area (TPSA) is 94.5 Å². The Hall–Kier alpha value is -3.10. The van der Waals surface area contributed by atoms with E-state index in [0.29, 0.717) is 35.0 Å². The van der Waals surface area contributed by atoms with Gasteiger partial charge in [-0.15, -0.1) is 0 Å². The zero-order valence-corrected chi connectivity index (χ0v) is 18.6. The van der Waals surface area contributed by atoms with Gasteiger partial charge in [-0.1, -0.05) is 30.4 Å². The van der Waals surface area contributed by atoms with Crippen molar-refractivity contribution in [2.75, 3.05) is 6.54 Å². The Morgan fingerprint density at radius 3 is 2.67 bits per heavy atom. The van der Waals surface area contributed by atoms with E-state index in [0.717, 1.165) is 23.9 Å². The number of unbranched alkanes of at least 4 members (excludes halogenated alkanes) is 2. The van der Waals surface area contributed by atoms with Gasteiger partial charge in [-0.2, -0.15) is 18.4 Å². The number of alkyl halides is 3. The second kappa shape index (κ2) is 10.2. The van der Waals surface area contributed by atoms with Gasteiger partial charge in [-0.3, -0.25) is 14.5 Å². The number of carbonyl (C=O) groups excluding carboxylic acids is 1. The highest BCUT2D eigenvalue weighted by molar-refractivity contribution is 8.26. The van der Waals surface area contributed by atoms with Crippen LogP contribution < -0.4 is 0 Å². The summed E-state index contributed by atoms with van der Waals surface area (Å²) in [5, 5.41) is 17.7. The summed E-state index contributed by atoms with van der Waals surface area (Å²) in [4.78, 5) is 25.0. The number of aliphatic carboxylic acids is 1. The van der Waals surface area contributed by atoms with E-state index >= 15 is 0 Å². The lowest BCUT2D eigenvalue weighted by atomic mass is 10.0. The van der Waals surface area contributed by atoms with Gasteiger partial charge in [0.1, 0.15) is 15.8 Å². The lowest BCUT2D eigenvalue weighted by molar-refractivity contribution is -0.138. The number of nitriles is 1. The van der Waals surface area contributed by atoms with Crippen molar-refractivity contribution >= 4 is 46.3 Å². The van der Waals surface area contributed by atoms with E-state index in [4.69, 9.17) is 27.0 Å². The van der Waals surface area contributed by atoms with E-state index in [1.54, 1.807) is 6.07 Å². The molecule has 0 spiro atoms. The standard InChI is InChI=1S/C22H17F3N2O4S2/c23-22(24,25)15-9-13(12-26)8-14(10-15)17-6-5-16(31-17)11-18-20(30)27(21(32)33-18)7-3-1-2-4-19(28)29/h5-6,8-11H,1-4,7H2,(H,28,29)/b18-11-. The molecule has 1 aromatic heterocycles. The van der Waals surface area contributed by atoms with Crippen molar-refractivity contribution in [2.24, 2.45) is 0 Å². The van der Waals surface area contributed by atoms with E-state index in [1.807, 2.05) is 0 Å². The van der Waals surface area contributed by atoms with Crippen molar-refractivity contribution in [3.63, 3.8) is 0 Å². The second-order valence-corrected chi connectivity index (χ2v) is 8.82. The Labute approximate surface area is 196 Å². The lowest BCUT2D eigenvalue weighted by Crippen LogP contribution is -2.29. The quantitative estimate of drug-likeness (QED) is 0.286. The van der Waals surface area contributed by atoms with Gasteiger partial charge < -0.3 is 9.52 Å². The van der Waals surface area contributed by atoms with E-state index < -0.39 is 17.7 Å². The molecule has 172 valence electrons. The lowest BCUT2D eigenvalue weighted by Gasteiger charge is -2.13. The van der Waals surface area contributed by atoms with Crippen molar-refractivity contribution in [3.05, 3.63) is 52.1 Å². The summed E-state index contributed by atoms with van der Waals surface area (Å²) in [5.41, 5.74) is -1.02. The van der Waals surface area contributed by atoms with Crippen LogP contribution in [0.4, 0.5) is 13.2 Å². The Morgan fingerprint density at radius 1 is 1.24 bits per heavy atom. The molecule has 1 amide bonds. The predicted molar refractivity (Wildman–Crippen MR) is 120 cm³/mol. The fourth-order valence-corrected chi connectivity index (χ4v) is 4.42. The molecule has 0 saturated carbocycles. The van der Waals surface area contributed by atoms with Crippen molar-refractivity contribution < 1.29 is 32.3 Å². The minimum absolute atomic E-state index is 0.0703. The molecule has 33 heavy (non-hydrogen) atoms. The summed E-state index contributed by atoms with van der Waals surface area (Å²) in [5.74, 6) is -0.803. The first kappa shape index (κ1) is 24.5. The minimum atomic E-state index is -4.61. The van der Waals surface area contributed by atoms with Crippen LogP contribution in [0.5, 0.6) is 0 Å². The molecule has 0 atom stereocenters. The predicted octanol–water partition coefficient (Wildman–Crippen LogP) is 5.68. The molecule has 1 aromatic carbocycles. The SMILES string of the molecule is N#Cc1cc(-c2ccc(/C=C3\SC(=S)N(CCCCCC(=O)O)C3=O)o2)cc(C(F)(F)F)c1. The average Bonchev–Trinajstić information content (AvgIpc) is 3.32. The van der Waals surface area contributed by atoms with Crippen LogP contribution in [0.2, 0.25) is 0 Å². The highest BCUT2D eigenvalue weighted by Gasteiger charge is 2.33. The molecule has 1 saturated heterocycles. The second-order valence-electron chi connectivity index (χ2n) is 7.15. The molecule has 1 fully saturated rings. The molecular formula is C22H17F3N2O4S2. The number of nitrogens with zero attached hydrogens (tertiary/aromatic N) is 2. The van der Waals surface area contributed by atoms with Gasteiger partial charge in [-0.05, 0) is 43.2 Å². The largest absolute Gasteiger partial charge is 0.481 e. The minimum Gasteiger partial charge on any atom is -0.481 e. The molecule has 11 heteroatoms. The number of hydrogen-bond acceptors (Lipinski definition) is 6. The first-order chi connectivity index (χ1) is 15.6. The van der Waals surface area contributed by atoms with Crippen molar-refractivity contribution in [1.82, 2.24) is 4.90 Å². The number of rotatable bonds is 8. The van der Waals surface area contributed by atoms with Gasteiger partial charge in [0.05, 0.1) is 22.1 Å². The number of amides is 1. The monoisotopic (exact) mass is 494 g/mol. The van der Waals surface area contributed by atoms with Crippen LogP contribution in [-0.2, 0) is 15.8 Å². The molecule has 0 bridgehead atoms. The van der Waals surface area contributed by atoms with Crippen LogP contribution in [0.25, 0.3) is 17.4 Å². The molecular weight excluding hydrogens is 477 g/mol. The summed E-state index contributed by atoms with van der Waals surface area (Å²) in [6, 6.07) is 7.64. The Morgan fingerprint density at radius 2 is 2.00 bits per heavy atom. The molecule has 0 radical (unpaired) electrons. The number of benzene rings is 1. The van der Waals surface area contributed by atoms with Gasteiger partial charge in [-0.25, -0.2) is 0 Å². The van der Waals surface area contributed by atoms with Gasteiger partial charge in [0.15, 0.2) is 0 Å². The molecule has 1 N–H and O–H groups in total. The highest BCUT2D eigenvalue weighted by atomic mass is 32.2.